The van der Waals surface area contributed by atoms with Gasteiger partial charge in [0.2, 0.25) is 11.8 Å². The van der Waals surface area contributed by atoms with E-state index in [9.17, 15) is 9.59 Å². The van der Waals surface area contributed by atoms with Crippen LogP contribution >= 0.6 is 0 Å². The van der Waals surface area contributed by atoms with Gasteiger partial charge >= 0.3 is 0 Å². The molecule has 0 aromatic heterocycles. The third-order valence-electron chi connectivity index (χ3n) is 4.86. The molecule has 1 unspecified atom stereocenters. The summed E-state index contributed by atoms with van der Waals surface area (Å²) in [6.45, 7) is 11.5. The number of hydrogen-bond donors (Lipinski definition) is 1. The van der Waals surface area contributed by atoms with Crippen LogP contribution in [0.5, 0.6) is 0 Å². The zero-order chi connectivity index (χ0) is 16.1. The van der Waals surface area contributed by atoms with E-state index < -0.39 is 11.1 Å². The van der Waals surface area contributed by atoms with E-state index in [1.807, 2.05) is 34.6 Å². The minimum absolute atomic E-state index is 0.0373. The molecule has 0 radical (unpaired) electrons. The van der Waals surface area contributed by atoms with Crippen LogP contribution in [0.3, 0.4) is 0 Å². The molecule has 0 aliphatic carbocycles. The van der Waals surface area contributed by atoms with Crippen molar-refractivity contribution in [1.82, 2.24) is 10.2 Å². The molecule has 1 aliphatic rings. The highest BCUT2D eigenvalue weighted by molar-refractivity contribution is 6.02. The molecular formula is C16H30N2O3. The number of piperazine rings is 1. The first-order valence-corrected chi connectivity index (χ1v) is 8.14. The van der Waals surface area contributed by atoms with E-state index in [0.717, 1.165) is 6.42 Å². The topological polar surface area (TPSA) is 58.6 Å². The fraction of sp³-hybridized carbons (Fsp3) is 0.875. The maximum absolute atomic E-state index is 13.0. The molecule has 1 N–H and O–H groups in total. The van der Waals surface area contributed by atoms with Gasteiger partial charge in [0.05, 0.1) is 0 Å². The Morgan fingerprint density at radius 2 is 1.71 bits per heavy atom. The summed E-state index contributed by atoms with van der Waals surface area (Å²) in [4.78, 5) is 27.3. The lowest BCUT2D eigenvalue weighted by molar-refractivity contribution is -0.163. The molecule has 21 heavy (non-hydrogen) atoms. The van der Waals surface area contributed by atoms with E-state index in [-0.39, 0.29) is 11.8 Å². The van der Waals surface area contributed by atoms with Crippen molar-refractivity contribution in [1.29, 1.82) is 0 Å². The van der Waals surface area contributed by atoms with Gasteiger partial charge in [-0.05, 0) is 39.5 Å². The predicted octanol–water partition coefficient (Wildman–Crippen LogP) is 2.10. The third kappa shape index (κ3) is 3.23. The van der Waals surface area contributed by atoms with E-state index in [0.29, 0.717) is 39.0 Å². The monoisotopic (exact) mass is 298 g/mol. The van der Waals surface area contributed by atoms with Gasteiger partial charge in [0.1, 0.15) is 11.1 Å². The van der Waals surface area contributed by atoms with Crippen LogP contribution < -0.4 is 5.32 Å². The summed E-state index contributed by atoms with van der Waals surface area (Å²) in [5, 5.41) is 2.99. The fourth-order valence-corrected chi connectivity index (χ4v) is 2.91. The number of ether oxygens (including phenoxy) is 1. The molecule has 1 heterocycles. The number of rotatable bonds is 8. The second-order valence-electron chi connectivity index (χ2n) is 5.88. The zero-order valence-corrected chi connectivity index (χ0v) is 14.1. The Kier molecular flexibility index (Phi) is 6.20. The largest absolute Gasteiger partial charge is 0.382 e. The molecule has 122 valence electrons. The summed E-state index contributed by atoms with van der Waals surface area (Å²) in [7, 11) is 0. The highest BCUT2D eigenvalue weighted by Gasteiger charge is 2.53. The fourth-order valence-electron chi connectivity index (χ4n) is 2.91. The minimum Gasteiger partial charge on any atom is -0.382 e. The Morgan fingerprint density at radius 3 is 2.19 bits per heavy atom. The first kappa shape index (κ1) is 18.0. The highest BCUT2D eigenvalue weighted by Crippen LogP contribution is 2.32. The summed E-state index contributed by atoms with van der Waals surface area (Å²) >= 11 is 0. The SMILES string of the molecule is CCOCCCN1C(=O)C(CC)(CC)NC(=O)C1(C)CC. The molecule has 1 atom stereocenters. The van der Waals surface area contributed by atoms with E-state index >= 15 is 0 Å². The second kappa shape index (κ2) is 7.25. The lowest BCUT2D eigenvalue weighted by Crippen LogP contribution is -2.74. The van der Waals surface area contributed by atoms with Gasteiger partial charge in [0.15, 0.2) is 0 Å². The van der Waals surface area contributed by atoms with Crippen molar-refractivity contribution in [3.8, 4) is 0 Å². The Balaban J connectivity index is 2.99. The lowest BCUT2D eigenvalue weighted by Gasteiger charge is -2.51. The number of nitrogens with one attached hydrogen (secondary N) is 1. The van der Waals surface area contributed by atoms with Gasteiger partial charge in [0.25, 0.3) is 0 Å². The minimum atomic E-state index is -0.753. The molecule has 0 aromatic carbocycles. The van der Waals surface area contributed by atoms with Gasteiger partial charge in [-0.25, -0.2) is 0 Å². The van der Waals surface area contributed by atoms with Crippen molar-refractivity contribution in [2.75, 3.05) is 19.8 Å². The smallest absolute Gasteiger partial charge is 0.249 e. The van der Waals surface area contributed by atoms with Crippen molar-refractivity contribution in [3.63, 3.8) is 0 Å². The van der Waals surface area contributed by atoms with Gasteiger partial charge < -0.3 is 15.0 Å². The Morgan fingerprint density at radius 1 is 1.10 bits per heavy atom. The summed E-state index contributed by atoms with van der Waals surface area (Å²) in [6.07, 6.45) is 2.61. The maximum Gasteiger partial charge on any atom is 0.249 e. The molecular weight excluding hydrogens is 268 g/mol. The average molecular weight is 298 g/mol. The normalized spacial score (nSPS) is 25.1. The zero-order valence-electron chi connectivity index (χ0n) is 14.1. The summed E-state index contributed by atoms with van der Waals surface area (Å²) in [5.41, 5.74) is -1.49. The molecule has 0 bridgehead atoms. The standard InChI is InChI=1S/C16H30N2O3/c1-6-15(5)13(19)17-16(7-2,8-3)14(20)18(15)11-10-12-21-9-4/h6-12H2,1-5H3,(H,17,19). The van der Waals surface area contributed by atoms with Crippen molar-refractivity contribution < 1.29 is 14.3 Å². The van der Waals surface area contributed by atoms with Crippen LogP contribution in [0.2, 0.25) is 0 Å². The van der Waals surface area contributed by atoms with E-state index in [4.69, 9.17) is 4.74 Å². The van der Waals surface area contributed by atoms with Gasteiger partial charge in [-0.2, -0.15) is 0 Å². The number of carbonyl (C=O) groups excluding carboxylic acids is 2. The van der Waals surface area contributed by atoms with Gasteiger partial charge in [0, 0.05) is 19.8 Å². The van der Waals surface area contributed by atoms with Crippen LogP contribution in [-0.2, 0) is 14.3 Å². The van der Waals surface area contributed by atoms with Crippen molar-refractivity contribution >= 4 is 11.8 Å². The summed E-state index contributed by atoms with van der Waals surface area (Å²) < 4.78 is 5.35. The quantitative estimate of drug-likeness (QED) is 0.698. The van der Waals surface area contributed by atoms with Gasteiger partial charge in [-0.1, -0.05) is 20.8 Å². The number of nitrogens with zero attached hydrogens (tertiary/aromatic N) is 1. The molecule has 5 heteroatoms. The molecule has 0 saturated carbocycles. The van der Waals surface area contributed by atoms with Crippen LogP contribution in [0, 0.1) is 0 Å². The van der Waals surface area contributed by atoms with Crippen LogP contribution in [0.4, 0.5) is 0 Å². The van der Waals surface area contributed by atoms with E-state index in [1.54, 1.807) is 4.90 Å². The van der Waals surface area contributed by atoms with E-state index in [2.05, 4.69) is 5.32 Å². The van der Waals surface area contributed by atoms with Crippen LogP contribution in [0.15, 0.2) is 0 Å². The Hall–Kier alpha value is -1.10. The maximum atomic E-state index is 13.0. The van der Waals surface area contributed by atoms with E-state index in [1.165, 1.54) is 0 Å². The Labute approximate surface area is 128 Å². The average Bonchev–Trinajstić information content (AvgIpc) is 2.50. The molecule has 1 fully saturated rings. The molecule has 1 saturated heterocycles. The number of carbonyl (C=O) groups is 2. The molecule has 0 spiro atoms. The van der Waals surface area contributed by atoms with Gasteiger partial charge in [-0.15, -0.1) is 0 Å². The lowest BCUT2D eigenvalue weighted by atomic mass is 9.81. The highest BCUT2D eigenvalue weighted by atomic mass is 16.5. The van der Waals surface area contributed by atoms with Gasteiger partial charge in [-0.3, -0.25) is 9.59 Å². The van der Waals surface area contributed by atoms with Crippen LogP contribution in [0.25, 0.3) is 0 Å². The summed E-state index contributed by atoms with van der Waals surface area (Å²) in [6, 6.07) is 0. The summed E-state index contributed by atoms with van der Waals surface area (Å²) in [5.74, 6) is 0.0117. The first-order valence-electron chi connectivity index (χ1n) is 8.14. The molecule has 1 aliphatic heterocycles. The second-order valence-corrected chi connectivity index (χ2v) is 5.88. The predicted molar refractivity (Wildman–Crippen MR) is 83.0 cm³/mol. The number of amides is 2. The van der Waals surface area contributed by atoms with Crippen LogP contribution in [0.1, 0.15) is 60.3 Å². The molecule has 1 rings (SSSR count). The Bertz CT molecular complexity index is 380. The van der Waals surface area contributed by atoms with Crippen molar-refractivity contribution in [2.24, 2.45) is 0 Å². The van der Waals surface area contributed by atoms with Crippen molar-refractivity contribution in [2.45, 2.75) is 71.4 Å². The molecule has 2 amide bonds. The van der Waals surface area contributed by atoms with Crippen molar-refractivity contribution in [3.05, 3.63) is 0 Å². The third-order valence-corrected chi connectivity index (χ3v) is 4.86. The number of hydrogen-bond acceptors (Lipinski definition) is 3. The molecule has 5 nitrogen and oxygen atoms in total. The van der Waals surface area contributed by atoms with Crippen LogP contribution in [-0.4, -0.2) is 47.6 Å². The first-order chi connectivity index (χ1) is 9.91. The molecule has 0 aromatic rings.